The van der Waals surface area contributed by atoms with E-state index in [2.05, 4.69) is 23.6 Å². The molecule has 26 heavy (non-hydrogen) atoms. The second kappa shape index (κ2) is 10.00. The number of methoxy groups -OCH3 is 3. The average Bonchev–Trinajstić information content (AvgIpc) is 2.63. The third-order valence-electron chi connectivity index (χ3n) is 4.95. The molecule has 0 unspecified atom stereocenters. The fourth-order valence-electron chi connectivity index (χ4n) is 3.69. The summed E-state index contributed by atoms with van der Waals surface area (Å²) in [6.07, 6.45) is 0.806. The van der Waals surface area contributed by atoms with Crippen LogP contribution in [0.25, 0.3) is 0 Å². The van der Waals surface area contributed by atoms with Crippen molar-refractivity contribution in [3.63, 3.8) is 0 Å². The van der Waals surface area contributed by atoms with E-state index in [1.165, 1.54) is 0 Å². The third kappa shape index (κ3) is 5.25. The molecule has 0 aromatic heterocycles. The maximum atomic E-state index is 9.47. The van der Waals surface area contributed by atoms with Crippen LogP contribution in [0.4, 0.5) is 0 Å². The maximum Gasteiger partial charge on any atom is 0.130 e. The van der Waals surface area contributed by atoms with Crippen molar-refractivity contribution >= 4 is 0 Å². The standard InChI is InChI=1S/C20H34N2O4/c1-15(2)12-22-8-7-21(13-16(22)6-9-23)14-18-19(25-4)10-17(24-3)11-20(18)26-5/h10-11,15-16,23H,6-9,12-14H2,1-5H3/t16-/m1/s1. The first-order valence-corrected chi connectivity index (χ1v) is 9.38. The van der Waals surface area contributed by atoms with E-state index in [0.717, 1.165) is 62.0 Å². The number of aliphatic hydroxyl groups excluding tert-OH is 1. The molecule has 1 fully saturated rings. The summed E-state index contributed by atoms with van der Waals surface area (Å²) in [5.41, 5.74) is 1.04. The van der Waals surface area contributed by atoms with E-state index < -0.39 is 0 Å². The highest BCUT2D eigenvalue weighted by Crippen LogP contribution is 2.35. The lowest BCUT2D eigenvalue weighted by Gasteiger charge is -2.42. The summed E-state index contributed by atoms with van der Waals surface area (Å²) in [5.74, 6) is 2.92. The van der Waals surface area contributed by atoms with Gasteiger partial charge in [0.1, 0.15) is 17.2 Å². The summed E-state index contributed by atoms with van der Waals surface area (Å²) in [6, 6.07) is 4.18. The van der Waals surface area contributed by atoms with Gasteiger partial charge in [-0.3, -0.25) is 9.80 Å². The molecule has 1 heterocycles. The SMILES string of the molecule is COc1cc(OC)c(CN2CCN(CC(C)C)[C@H](CCO)C2)c(OC)c1. The Morgan fingerprint density at radius 3 is 2.23 bits per heavy atom. The average molecular weight is 367 g/mol. The molecule has 2 rings (SSSR count). The van der Waals surface area contributed by atoms with Crippen LogP contribution in [-0.2, 0) is 6.54 Å². The van der Waals surface area contributed by atoms with Gasteiger partial charge in [-0.15, -0.1) is 0 Å². The van der Waals surface area contributed by atoms with Crippen LogP contribution < -0.4 is 14.2 Å². The smallest absolute Gasteiger partial charge is 0.130 e. The molecule has 1 aliphatic rings. The van der Waals surface area contributed by atoms with Gasteiger partial charge in [-0.05, 0) is 12.3 Å². The van der Waals surface area contributed by atoms with Crippen LogP contribution in [0.1, 0.15) is 25.8 Å². The molecule has 0 bridgehead atoms. The number of hydrogen-bond acceptors (Lipinski definition) is 6. The van der Waals surface area contributed by atoms with Crippen LogP contribution in [-0.4, -0.2) is 75.1 Å². The molecule has 1 N–H and O–H groups in total. The molecular formula is C20H34N2O4. The Bertz CT molecular complexity index is 540. The van der Waals surface area contributed by atoms with Gasteiger partial charge in [0.05, 0.1) is 26.9 Å². The molecular weight excluding hydrogens is 332 g/mol. The van der Waals surface area contributed by atoms with E-state index in [1.807, 2.05) is 12.1 Å². The lowest BCUT2D eigenvalue weighted by molar-refractivity contribution is 0.0470. The van der Waals surface area contributed by atoms with Gasteiger partial charge in [0.2, 0.25) is 0 Å². The molecule has 1 aromatic carbocycles. The second-order valence-corrected chi connectivity index (χ2v) is 7.30. The molecule has 1 atom stereocenters. The second-order valence-electron chi connectivity index (χ2n) is 7.30. The summed E-state index contributed by atoms with van der Waals surface area (Å²) < 4.78 is 16.5. The van der Waals surface area contributed by atoms with Crippen molar-refractivity contribution < 1.29 is 19.3 Å². The molecule has 1 saturated heterocycles. The third-order valence-corrected chi connectivity index (χ3v) is 4.95. The van der Waals surface area contributed by atoms with Crippen LogP contribution in [0, 0.1) is 5.92 Å². The summed E-state index contributed by atoms with van der Waals surface area (Å²) in [4.78, 5) is 4.93. The zero-order valence-corrected chi connectivity index (χ0v) is 16.8. The van der Waals surface area contributed by atoms with Crippen molar-refractivity contribution in [1.82, 2.24) is 9.80 Å². The lowest BCUT2D eigenvalue weighted by Crippen LogP contribution is -2.53. The fourth-order valence-corrected chi connectivity index (χ4v) is 3.69. The largest absolute Gasteiger partial charge is 0.496 e. The van der Waals surface area contributed by atoms with E-state index in [4.69, 9.17) is 14.2 Å². The van der Waals surface area contributed by atoms with E-state index in [1.54, 1.807) is 21.3 Å². The highest BCUT2D eigenvalue weighted by atomic mass is 16.5. The Balaban J connectivity index is 2.15. The molecule has 0 radical (unpaired) electrons. The number of ether oxygens (including phenoxy) is 3. The fraction of sp³-hybridized carbons (Fsp3) is 0.700. The first-order valence-electron chi connectivity index (χ1n) is 9.38. The van der Waals surface area contributed by atoms with Crippen LogP contribution >= 0.6 is 0 Å². The Labute approximate surface area is 157 Å². The van der Waals surface area contributed by atoms with Gasteiger partial charge in [-0.25, -0.2) is 0 Å². The lowest BCUT2D eigenvalue weighted by atomic mass is 10.0. The maximum absolute atomic E-state index is 9.47. The van der Waals surface area contributed by atoms with Crippen LogP contribution in [0.5, 0.6) is 17.2 Å². The minimum absolute atomic E-state index is 0.224. The van der Waals surface area contributed by atoms with Gasteiger partial charge in [0.25, 0.3) is 0 Å². The highest BCUT2D eigenvalue weighted by molar-refractivity contribution is 5.50. The molecule has 148 valence electrons. The number of benzene rings is 1. The zero-order chi connectivity index (χ0) is 19.1. The van der Waals surface area contributed by atoms with Crippen molar-refractivity contribution in [3.8, 4) is 17.2 Å². The molecule has 0 spiro atoms. The van der Waals surface area contributed by atoms with Crippen LogP contribution in [0.3, 0.4) is 0 Å². The van der Waals surface area contributed by atoms with E-state index >= 15 is 0 Å². The van der Waals surface area contributed by atoms with Crippen molar-refractivity contribution in [2.45, 2.75) is 32.9 Å². The van der Waals surface area contributed by atoms with Crippen molar-refractivity contribution in [2.75, 3.05) is 54.1 Å². The number of aliphatic hydroxyl groups is 1. The Hall–Kier alpha value is -1.50. The van der Waals surface area contributed by atoms with E-state index in [0.29, 0.717) is 12.0 Å². The van der Waals surface area contributed by atoms with Gasteiger partial charge >= 0.3 is 0 Å². The number of rotatable bonds is 9. The van der Waals surface area contributed by atoms with Crippen LogP contribution in [0.15, 0.2) is 12.1 Å². The molecule has 0 saturated carbocycles. The topological polar surface area (TPSA) is 54.4 Å². The number of piperazine rings is 1. The summed E-state index contributed by atoms with van der Waals surface area (Å²) >= 11 is 0. The summed E-state index contributed by atoms with van der Waals surface area (Å²) in [6.45, 7) is 9.50. The van der Waals surface area contributed by atoms with Crippen molar-refractivity contribution in [2.24, 2.45) is 5.92 Å². The molecule has 1 aliphatic heterocycles. The predicted octanol–water partition coefficient (Wildman–Crippen LogP) is 2.24. The molecule has 0 amide bonds. The Morgan fingerprint density at radius 2 is 1.73 bits per heavy atom. The van der Waals surface area contributed by atoms with Gasteiger partial charge in [-0.1, -0.05) is 13.8 Å². The summed E-state index contributed by atoms with van der Waals surface area (Å²) in [5, 5.41) is 9.47. The summed E-state index contributed by atoms with van der Waals surface area (Å²) in [7, 11) is 4.99. The normalized spacial score (nSPS) is 19.0. The minimum atomic E-state index is 0.224. The molecule has 0 aliphatic carbocycles. The number of hydrogen-bond donors (Lipinski definition) is 1. The monoisotopic (exact) mass is 366 g/mol. The van der Waals surface area contributed by atoms with Crippen molar-refractivity contribution in [3.05, 3.63) is 17.7 Å². The van der Waals surface area contributed by atoms with Gasteiger partial charge in [0.15, 0.2) is 0 Å². The van der Waals surface area contributed by atoms with Gasteiger partial charge < -0.3 is 19.3 Å². The van der Waals surface area contributed by atoms with E-state index in [-0.39, 0.29) is 6.61 Å². The predicted molar refractivity (Wildman–Crippen MR) is 103 cm³/mol. The van der Waals surface area contributed by atoms with Crippen LogP contribution in [0.2, 0.25) is 0 Å². The van der Waals surface area contributed by atoms with Gasteiger partial charge in [0, 0.05) is 57.5 Å². The van der Waals surface area contributed by atoms with Crippen molar-refractivity contribution in [1.29, 1.82) is 0 Å². The highest BCUT2D eigenvalue weighted by Gasteiger charge is 2.28. The van der Waals surface area contributed by atoms with Gasteiger partial charge in [-0.2, -0.15) is 0 Å². The van der Waals surface area contributed by atoms with E-state index in [9.17, 15) is 5.11 Å². The molecule has 1 aromatic rings. The Kier molecular flexibility index (Phi) is 8.00. The molecule has 6 heteroatoms. The number of nitrogens with zero attached hydrogens (tertiary/aromatic N) is 2. The first-order chi connectivity index (χ1) is 12.5. The molecule has 6 nitrogen and oxygen atoms in total. The minimum Gasteiger partial charge on any atom is -0.496 e. The quantitative estimate of drug-likeness (QED) is 0.723. The zero-order valence-electron chi connectivity index (χ0n) is 16.8. The first kappa shape index (κ1) is 20.8. The Morgan fingerprint density at radius 1 is 1.08 bits per heavy atom.